The summed E-state index contributed by atoms with van der Waals surface area (Å²) in [6.45, 7) is 13.4. The van der Waals surface area contributed by atoms with Gasteiger partial charge >= 0.3 is 12.1 Å². The first-order valence-electron chi connectivity index (χ1n) is 11.1. The summed E-state index contributed by atoms with van der Waals surface area (Å²) >= 11 is 0. The Balaban J connectivity index is 1.97. The summed E-state index contributed by atoms with van der Waals surface area (Å²) in [5.74, 6) is 1.82. The van der Waals surface area contributed by atoms with Crippen LogP contribution in [-0.2, 0) is 19.0 Å². The third-order valence-electron chi connectivity index (χ3n) is 6.39. The van der Waals surface area contributed by atoms with Gasteiger partial charge in [-0.3, -0.25) is 0 Å². The molecule has 0 aromatic carbocycles. The van der Waals surface area contributed by atoms with Gasteiger partial charge in [0.25, 0.3) is 0 Å². The lowest BCUT2D eigenvalue weighted by atomic mass is 9.58. The Morgan fingerprint density at radius 1 is 1.07 bits per heavy atom. The van der Waals surface area contributed by atoms with Gasteiger partial charge in [-0.15, -0.1) is 0 Å². The van der Waals surface area contributed by atoms with E-state index in [1.807, 2.05) is 6.92 Å². The van der Waals surface area contributed by atoms with E-state index in [0.717, 1.165) is 24.7 Å². The minimum absolute atomic E-state index is 0.0360. The van der Waals surface area contributed by atoms with E-state index in [0.29, 0.717) is 5.92 Å². The van der Waals surface area contributed by atoms with Gasteiger partial charge in [-0.2, -0.15) is 0 Å². The van der Waals surface area contributed by atoms with Gasteiger partial charge in [0.2, 0.25) is 0 Å². The summed E-state index contributed by atoms with van der Waals surface area (Å²) in [5.41, 5.74) is -0.655. The molecule has 3 aliphatic rings. The minimum Gasteiger partial charge on any atom is -0.458 e. The second-order valence-corrected chi connectivity index (χ2v) is 10.8. The number of amides is 1. The summed E-state index contributed by atoms with van der Waals surface area (Å²) in [4.78, 5) is 24.5. The SMILES string of the molecule is CO[C@H]([C@H](C)OC(=O)[C@H](C)NC(=O)OC(C)(C)C)C1(C)CC(C)CC2CC(C2)C1. The number of carbonyl (C=O) groups excluding carboxylic acids is 2. The molecule has 0 aromatic rings. The lowest BCUT2D eigenvalue weighted by molar-refractivity contribution is -0.167. The number of rotatable bonds is 6. The van der Waals surface area contributed by atoms with E-state index in [1.54, 1.807) is 34.8 Å². The Hall–Kier alpha value is -1.30. The molecular weight excluding hydrogens is 370 g/mol. The molecule has 3 aliphatic carbocycles. The van der Waals surface area contributed by atoms with Gasteiger partial charge < -0.3 is 19.5 Å². The van der Waals surface area contributed by atoms with Crippen molar-refractivity contribution in [1.29, 1.82) is 0 Å². The maximum Gasteiger partial charge on any atom is 0.408 e. The molecule has 3 saturated carbocycles. The van der Waals surface area contributed by atoms with Crippen LogP contribution in [0, 0.1) is 23.2 Å². The van der Waals surface area contributed by atoms with Crippen LogP contribution in [0.15, 0.2) is 0 Å². The molecule has 6 nitrogen and oxygen atoms in total. The molecule has 3 rings (SSSR count). The summed E-state index contributed by atoms with van der Waals surface area (Å²) in [5, 5.41) is 2.55. The number of fused-ring (bicyclic) bond motifs is 4. The van der Waals surface area contributed by atoms with E-state index >= 15 is 0 Å². The smallest absolute Gasteiger partial charge is 0.408 e. The summed E-state index contributed by atoms with van der Waals surface area (Å²) in [6, 6.07) is -0.791. The topological polar surface area (TPSA) is 73.9 Å². The van der Waals surface area contributed by atoms with Crippen LogP contribution in [0.3, 0.4) is 0 Å². The highest BCUT2D eigenvalue weighted by atomic mass is 16.6. The molecule has 0 heterocycles. The minimum atomic E-state index is -0.791. The van der Waals surface area contributed by atoms with E-state index in [1.165, 1.54) is 19.3 Å². The number of methoxy groups -OCH3 is 1. The molecule has 1 N–H and O–H groups in total. The van der Waals surface area contributed by atoms with Crippen molar-refractivity contribution in [3.05, 3.63) is 0 Å². The van der Waals surface area contributed by atoms with Crippen molar-refractivity contribution < 1.29 is 23.8 Å². The average Bonchev–Trinajstić information content (AvgIpc) is 2.49. The highest BCUT2D eigenvalue weighted by molar-refractivity contribution is 5.81. The molecule has 0 aliphatic heterocycles. The van der Waals surface area contributed by atoms with Crippen LogP contribution in [0.5, 0.6) is 0 Å². The van der Waals surface area contributed by atoms with E-state index in [4.69, 9.17) is 14.2 Å². The van der Waals surface area contributed by atoms with Crippen LogP contribution >= 0.6 is 0 Å². The lowest BCUT2D eigenvalue weighted by Crippen LogP contribution is -2.50. The van der Waals surface area contributed by atoms with Crippen molar-refractivity contribution in [3.63, 3.8) is 0 Å². The molecule has 168 valence electrons. The molecule has 2 unspecified atom stereocenters. The zero-order valence-electron chi connectivity index (χ0n) is 19.5. The molecule has 5 atom stereocenters. The van der Waals surface area contributed by atoms with Crippen molar-refractivity contribution in [2.45, 2.75) is 104 Å². The van der Waals surface area contributed by atoms with E-state index in [9.17, 15) is 9.59 Å². The van der Waals surface area contributed by atoms with Crippen LogP contribution in [0.4, 0.5) is 4.79 Å². The first-order valence-corrected chi connectivity index (χ1v) is 11.1. The zero-order valence-corrected chi connectivity index (χ0v) is 19.5. The van der Waals surface area contributed by atoms with Crippen molar-refractivity contribution in [3.8, 4) is 0 Å². The summed E-state index contributed by atoms with van der Waals surface area (Å²) < 4.78 is 16.9. The quantitative estimate of drug-likeness (QED) is 0.641. The predicted octanol–water partition coefficient (Wildman–Crippen LogP) is 4.70. The molecule has 0 saturated heterocycles. The Morgan fingerprint density at radius 2 is 1.69 bits per heavy atom. The fourth-order valence-corrected chi connectivity index (χ4v) is 5.59. The van der Waals surface area contributed by atoms with Gasteiger partial charge in [0, 0.05) is 7.11 Å². The highest BCUT2D eigenvalue weighted by Crippen LogP contribution is 2.52. The van der Waals surface area contributed by atoms with Crippen LogP contribution in [0.1, 0.15) is 80.6 Å². The fourth-order valence-electron chi connectivity index (χ4n) is 5.59. The highest BCUT2D eigenvalue weighted by Gasteiger charge is 2.47. The number of carbonyl (C=O) groups is 2. The molecule has 0 radical (unpaired) electrons. The van der Waals surface area contributed by atoms with Crippen molar-refractivity contribution in [1.82, 2.24) is 5.32 Å². The van der Waals surface area contributed by atoms with Gasteiger partial charge in [-0.25, -0.2) is 9.59 Å². The van der Waals surface area contributed by atoms with Crippen LogP contribution in [-0.4, -0.2) is 43.0 Å². The monoisotopic (exact) mass is 411 g/mol. The maximum atomic E-state index is 12.6. The molecule has 3 fully saturated rings. The first-order chi connectivity index (χ1) is 13.3. The number of nitrogens with one attached hydrogen (secondary N) is 1. The zero-order chi connectivity index (χ0) is 22.0. The van der Waals surface area contributed by atoms with E-state index in [2.05, 4.69) is 19.2 Å². The Kier molecular flexibility index (Phi) is 7.63. The predicted molar refractivity (Wildman–Crippen MR) is 113 cm³/mol. The summed E-state index contributed by atoms with van der Waals surface area (Å²) in [7, 11) is 1.70. The first kappa shape index (κ1) is 24.0. The van der Waals surface area contributed by atoms with Crippen LogP contribution in [0.2, 0.25) is 0 Å². The molecular formula is C23H41NO5. The lowest BCUT2D eigenvalue weighted by Gasteiger charge is -2.50. The Bertz CT molecular complexity index is 576. The van der Waals surface area contributed by atoms with Crippen molar-refractivity contribution >= 4 is 12.1 Å². The number of ether oxygens (including phenoxy) is 3. The van der Waals surface area contributed by atoms with Gasteiger partial charge in [0.05, 0.1) is 6.10 Å². The third-order valence-corrected chi connectivity index (χ3v) is 6.39. The van der Waals surface area contributed by atoms with Gasteiger partial charge in [-0.05, 0) is 89.9 Å². The largest absolute Gasteiger partial charge is 0.458 e. The second kappa shape index (κ2) is 9.23. The van der Waals surface area contributed by atoms with Gasteiger partial charge in [-0.1, -0.05) is 13.8 Å². The molecule has 2 bridgehead atoms. The van der Waals surface area contributed by atoms with E-state index < -0.39 is 29.8 Å². The molecule has 29 heavy (non-hydrogen) atoms. The van der Waals surface area contributed by atoms with Crippen LogP contribution < -0.4 is 5.32 Å². The number of esters is 1. The number of hydrogen-bond donors (Lipinski definition) is 1. The van der Waals surface area contributed by atoms with Crippen molar-refractivity contribution in [2.24, 2.45) is 23.2 Å². The second-order valence-electron chi connectivity index (χ2n) is 10.8. The Morgan fingerprint density at radius 3 is 2.24 bits per heavy atom. The third kappa shape index (κ3) is 6.59. The average molecular weight is 412 g/mol. The molecule has 0 spiro atoms. The Labute approximate surface area is 176 Å². The summed E-state index contributed by atoms with van der Waals surface area (Å²) in [6.07, 6.45) is 4.91. The number of hydrogen-bond acceptors (Lipinski definition) is 5. The molecule has 6 heteroatoms. The van der Waals surface area contributed by atoms with Crippen molar-refractivity contribution in [2.75, 3.05) is 7.11 Å². The molecule has 1 amide bonds. The van der Waals surface area contributed by atoms with E-state index in [-0.39, 0.29) is 11.5 Å². The normalized spacial score (nSPS) is 32.6. The van der Waals surface area contributed by atoms with Crippen LogP contribution in [0.25, 0.3) is 0 Å². The maximum absolute atomic E-state index is 12.6. The van der Waals surface area contributed by atoms with Gasteiger partial charge in [0.1, 0.15) is 17.7 Å². The number of alkyl carbamates (subject to hydrolysis) is 1. The molecule has 0 aromatic heterocycles. The standard InChI is InChI=1S/C23H41NO5/c1-14-9-17-10-18(11-17)13-23(7,12-14)19(27-8)16(3)28-20(25)15(2)24-21(26)29-22(4,5)6/h14-19H,9-13H2,1-8H3,(H,24,26)/t14?,15-,16-,17?,18?,19+,23?/m0/s1. The fraction of sp³-hybridized carbons (Fsp3) is 0.913. The van der Waals surface area contributed by atoms with Gasteiger partial charge in [0.15, 0.2) is 0 Å².